The van der Waals surface area contributed by atoms with Crippen LogP contribution in [0.15, 0.2) is 42.7 Å². The summed E-state index contributed by atoms with van der Waals surface area (Å²) >= 11 is 12.6. The highest BCUT2D eigenvalue weighted by Gasteiger charge is 2.24. The Morgan fingerprint density at radius 3 is 2.50 bits per heavy atom. The van der Waals surface area contributed by atoms with E-state index in [2.05, 4.69) is 44.9 Å². The van der Waals surface area contributed by atoms with Crippen LogP contribution in [0.1, 0.15) is 44.2 Å². The molecule has 1 N–H and O–H groups in total. The first kappa shape index (κ1) is 22.0. The maximum absolute atomic E-state index is 6.49. The van der Waals surface area contributed by atoms with E-state index in [9.17, 15) is 0 Å². The van der Waals surface area contributed by atoms with Crippen molar-refractivity contribution in [2.75, 3.05) is 31.2 Å². The number of hydrogen-bond acceptors (Lipinski definition) is 4. The first-order chi connectivity index (χ1) is 15.6. The van der Waals surface area contributed by atoms with Crippen molar-refractivity contribution in [3.05, 3.63) is 58.3 Å². The number of anilines is 1. The van der Waals surface area contributed by atoms with Crippen LogP contribution in [0.2, 0.25) is 10.0 Å². The predicted molar refractivity (Wildman–Crippen MR) is 132 cm³/mol. The lowest BCUT2D eigenvalue weighted by molar-refractivity contribution is 0.0738. The van der Waals surface area contributed by atoms with Crippen LogP contribution in [-0.4, -0.2) is 47.9 Å². The van der Waals surface area contributed by atoms with E-state index in [0.29, 0.717) is 22.1 Å². The second-order valence-electron chi connectivity index (χ2n) is 8.98. The van der Waals surface area contributed by atoms with Crippen LogP contribution in [0.25, 0.3) is 11.0 Å². The fourth-order valence-corrected chi connectivity index (χ4v) is 5.58. The number of fused-ring (bicyclic) bond motifs is 1. The maximum atomic E-state index is 6.49. The molecule has 2 aromatic carbocycles. The molecule has 2 saturated heterocycles. The molecule has 32 heavy (non-hydrogen) atoms. The molecule has 2 aliphatic rings. The molecule has 0 saturated carbocycles. The van der Waals surface area contributed by atoms with Crippen molar-refractivity contribution in [3.8, 4) is 0 Å². The molecular formula is C25H30Cl2N4O. The third-order valence-electron chi connectivity index (χ3n) is 6.94. The monoisotopic (exact) mass is 472 g/mol. The van der Waals surface area contributed by atoms with Crippen LogP contribution in [0, 0.1) is 0 Å². The van der Waals surface area contributed by atoms with E-state index in [0.717, 1.165) is 55.7 Å². The third kappa shape index (κ3) is 4.62. The molecule has 2 fully saturated rings. The summed E-state index contributed by atoms with van der Waals surface area (Å²) in [6.45, 7) is 6.07. The number of halogens is 2. The van der Waals surface area contributed by atoms with E-state index in [-0.39, 0.29) is 6.04 Å². The van der Waals surface area contributed by atoms with Gasteiger partial charge in [-0.15, -0.1) is 0 Å². The summed E-state index contributed by atoms with van der Waals surface area (Å²) in [5, 5.41) is 5.20. The first-order valence-corrected chi connectivity index (χ1v) is 12.3. The topological polar surface area (TPSA) is 42.3 Å². The molecule has 7 heteroatoms. The van der Waals surface area contributed by atoms with Crippen LogP contribution < -0.4 is 10.2 Å². The largest absolute Gasteiger partial charge is 0.381 e. The minimum absolute atomic E-state index is 0.0643. The molecular weight excluding hydrogens is 443 g/mol. The smallest absolute Gasteiger partial charge is 0.0964 e. The summed E-state index contributed by atoms with van der Waals surface area (Å²) in [7, 11) is 0. The first-order valence-electron chi connectivity index (χ1n) is 11.6. The fourth-order valence-electron chi connectivity index (χ4n) is 5.01. The van der Waals surface area contributed by atoms with Crippen molar-refractivity contribution in [2.45, 2.75) is 50.7 Å². The zero-order valence-electron chi connectivity index (χ0n) is 18.4. The summed E-state index contributed by atoms with van der Waals surface area (Å²) in [5.41, 5.74) is 4.43. The van der Waals surface area contributed by atoms with Gasteiger partial charge in [-0.3, -0.25) is 0 Å². The number of ether oxygens (including phenoxy) is 1. The van der Waals surface area contributed by atoms with Gasteiger partial charge in [0.25, 0.3) is 0 Å². The molecule has 0 aliphatic carbocycles. The minimum atomic E-state index is 0.0643. The van der Waals surface area contributed by atoms with Crippen molar-refractivity contribution < 1.29 is 4.74 Å². The number of hydrogen-bond donors (Lipinski definition) is 1. The highest BCUT2D eigenvalue weighted by atomic mass is 35.5. The number of imidazole rings is 1. The molecule has 1 atom stereocenters. The van der Waals surface area contributed by atoms with Crippen molar-refractivity contribution >= 4 is 39.9 Å². The lowest BCUT2D eigenvalue weighted by atomic mass is 10.0. The van der Waals surface area contributed by atoms with Gasteiger partial charge in [-0.05, 0) is 68.5 Å². The highest BCUT2D eigenvalue weighted by molar-refractivity contribution is 6.35. The molecule has 5 nitrogen and oxygen atoms in total. The number of rotatable bonds is 5. The summed E-state index contributed by atoms with van der Waals surface area (Å²) in [5.74, 6) is 0. The van der Waals surface area contributed by atoms with Crippen LogP contribution in [0.3, 0.4) is 0 Å². The van der Waals surface area contributed by atoms with E-state index >= 15 is 0 Å². The molecule has 3 heterocycles. The molecule has 0 bridgehead atoms. The molecule has 0 unspecified atom stereocenters. The Morgan fingerprint density at radius 2 is 1.75 bits per heavy atom. The lowest BCUT2D eigenvalue weighted by Gasteiger charge is -2.36. The second-order valence-corrected chi connectivity index (χ2v) is 9.82. The quantitative estimate of drug-likeness (QED) is 0.517. The van der Waals surface area contributed by atoms with Crippen LogP contribution in [-0.2, 0) is 4.74 Å². The van der Waals surface area contributed by atoms with Gasteiger partial charge < -0.3 is 19.5 Å². The predicted octanol–water partition coefficient (Wildman–Crippen LogP) is 5.69. The maximum Gasteiger partial charge on any atom is 0.0964 e. The van der Waals surface area contributed by atoms with Crippen molar-refractivity contribution in [3.63, 3.8) is 0 Å². The molecule has 0 spiro atoms. The average molecular weight is 473 g/mol. The molecule has 3 aromatic rings. The second kappa shape index (κ2) is 9.60. The van der Waals surface area contributed by atoms with Gasteiger partial charge in [-0.1, -0.05) is 29.3 Å². The van der Waals surface area contributed by atoms with E-state index in [1.807, 2.05) is 18.5 Å². The van der Waals surface area contributed by atoms with Crippen LogP contribution in [0.4, 0.5) is 5.69 Å². The number of benzene rings is 2. The molecule has 0 radical (unpaired) electrons. The van der Waals surface area contributed by atoms with E-state index in [1.54, 1.807) is 6.07 Å². The Labute approximate surface area is 199 Å². The van der Waals surface area contributed by atoms with Crippen LogP contribution >= 0.6 is 23.2 Å². The molecule has 1 aromatic heterocycles. The van der Waals surface area contributed by atoms with Gasteiger partial charge in [-0.25, -0.2) is 4.98 Å². The molecule has 2 aliphatic heterocycles. The SMILES string of the molecule is C[C@H](c1ccc(Cl)cc1Cl)n1cnc2ccc(N3CCC(NC4CCOCC4)CC3)cc21. The molecule has 5 rings (SSSR count). The standard InChI is InChI=1S/C25H30Cl2N4O/c1-17(22-4-2-18(26)14-23(22)27)31-16-28-24-5-3-21(15-25(24)31)30-10-6-19(7-11-30)29-20-8-12-32-13-9-20/h2-5,14-17,19-20,29H,6-13H2,1H3/t17-/m1/s1. The number of nitrogens with zero attached hydrogens (tertiary/aromatic N) is 3. The van der Waals surface area contributed by atoms with Crippen molar-refractivity contribution in [1.29, 1.82) is 0 Å². The molecule has 170 valence electrons. The Kier molecular flexibility index (Phi) is 6.61. The average Bonchev–Trinajstić information content (AvgIpc) is 3.23. The summed E-state index contributed by atoms with van der Waals surface area (Å²) < 4.78 is 7.69. The fraction of sp³-hybridized carbons (Fsp3) is 0.480. The van der Waals surface area contributed by atoms with Crippen molar-refractivity contribution in [1.82, 2.24) is 14.9 Å². The van der Waals surface area contributed by atoms with Gasteiger partial charge in [0, 0.05) is 54.1 Å². The van der Waals surface area contributed by atoms with E-state index < -0.39 is 0 Å². The highest BCUT2D eigenvalue weighted by Crippen LogP contribution is 2.32. The Balaban J connectivity index is 1.31. The number of nitrogens with one attached hydrogen (secondary N) is 1. The summed E-state index contributed by atoms with van der Waals surface area (Å²) in [4.78, 5) is 7.13. The minimum Gasteiger partial charge on any atom is -0.381 e. The zero-order chi connectivity index (χ0) is 22.1. The Bertz CT molecular complexity index is 1070. The Morgan fingerprint density at radius 1 is 1.00 bits per heavy atom. The van der Waals surface area contributed by atoms with Crippen LogP contribution in [0.5, 0.6) is 0 Å². The van der Waals surface area contributed by atoms with Gasteiger partial charge >= 0.3 is 0 Å². The van der Waals surface area contributed by atoms with Gasteiger partial charge in [-0.2, -0.15) is 0 Å². The van der Waals surface area contributed by atoms with E-state index in [1.165, 1.54) is 18.5 Å². The van der Waals surface area contributed by atoms with Gasteiger partial charge in [0.2, 0.25) is 0 Å². The zero-order valence-corrected chi connectivity index (χ0v) is 19.9. The number of aromatic nitrogens is 2. The van der Waals surface area contributed by atoms with Crippen molar-refractivity contribution in [2.24, 2.45) is 0 Å². The normalized spacial score (nSPS) is 19.5. The third-order valence-corrected chi connectivity index (χ3v) is 7.50. The summed E-state index contributed by atoms with van der Waals surface area (Å²) in [6, 6.07) is 13.6. The van der Waals surface area contributed by atoms with E-state index in [4.69, 9.17) is 27.9 Å². The van der Waals surface area contributed by atoms with Gasteiger partial charge in [0.15, 0.2) is 0 Å². The number of piperidine rings is 1. The van der Waals surface area contributed by atoms with Gasteiger partial charge in [0.1, 0.15) is 0 Å². The summed E-state index contributed by atoms with van der Waals surface area (Å²) in [6.07, 6.45) is 6.53. The lowest BCUT2D eigenvalue weighted by Crippen LogP contribution is -2.47. The molecule has 0 amide bonds. The Hall–Kier alpha value is -1.79. The van der Waals surface area contributed by atoms with Gasteiger partial charge in [0.05, 0.1) is 23.4 Å².